The van der Waals surface area contributed by atoms with Gasteiger partial charge in [-0.15, -0.1) is 0 Å². The van der Waals surface area contributed by atoms with Gasteiger partial charge in [0.15, 0.2) is 0 Å². The molecule has 2 aromatic rings. The van der Waals surface area contributed by atoms with E-state index in [1.165, 1.54) is 18.5 Å². The number of anilines is 1. The summed E-state index contributed by atoms with van der Waals surface area (Å²) in [6, 6.07) is 7.74. The number of carbonyl (C=O) groups is 1. The van der Waals surface area contributed by atoms with Gasteiger partial charge in [0.25, 0.3) is 0 Å². The first-order valence-electron chi connectivity index (χ1n) is 9.57. The zero-order chi connectivity index (χ0) is 17.8. The number of rotatable bonds is 4. The molecule has 1 fully saturated rings. The van der Waals surface area contributed by atoms with Crippen molar-refractivity contribution >= 4 is 11.7 Å². The van der Waals surface area contributed by atoms with Gasteiger partial charge in [-0.2, -0.15) is 0 Å². The summed E-state index contributed by atoms with van der Waals surface area (Å²) in [4.78, 5) is 17.0. The minimum absolute atomic E-state index is 0.158. The second-order valence-electron chi connectivity index (χ2n) is 7.12. The van der Waals surface area contributed by atoms with Crippen molar-refractivity contribution in [1.29, 1.82) is 0 Å². The molecule has 0 saturated carbocycles. The zero-order valence-electron chi connectivity index (χ0n) is 15.0. The van der Waals surface area contributed by atoms with E-state index in [4.69, 9.17) is 4.74 Å². The lowest BCUT2D eigenvalue weighted by atomic mass is 10.0. The maximum absolute atomic E-state index is 12.4. The van der Waals surface area contributed by atoms with E-state index >= 15 is 0 Å². The Hall–Kier alpha value is -2.34. The van der Waals surface area contributed by atoms with Gasteiger partial charge >= 0.3 is 6.03 Å². The number of nitrogens with one attached hydrogen (secondary N) is 2. The SMILES string of the molecule is O=C(NCC1CCOCC1)Nc1ccccc1-c1ncc2n1CCCC2. The molecular formula is C20H26N4O2. The second-order valence-corrected chi connectivity index (χ2v) is 7.12. The van der Waals surface area contributed by atoms with Crippen LogP contribution in [0.25, 0.3) is 11.4 Å². The Morgan fingerprint density at radius 2 is 2.08 bits per heavy atom. The van der Waals surface area contributed by atoms with E-state index in [-0.39, 0.29) is 6.03 Å². The molecule has 0 atom stereocenters. The summed E-state index contributed by atoms with van der Waals surface area (Å²) in [5.74, 6) is 1.45. The van der Waals surface area contributed by atoms with Crippen LogP contribution in [0.15, 0.2) is 30.5 Å². The molecule has 0 spiro atoms. The van der Waals surface area contributed by atoms with Crippen LogP contribution in [0.1, 0.15) is 31.4 Å². The third-order valence-corrected chi connectivity index (χ3v) is 5.31. The Bertz CT molecular complexity index is 765. The first-order valence-corrected chi connectivity index (χ1v) is 9.57. The fourth-order valence-electron chi connectivity index (χ4n) is 3.79. The molecule has 0 unspecified atom stereocenters. The molecule has 0 bridgehead atoms. The number of fused-ring (bicyclic) bond motifs is 1. The van der Waals surface area contributed by atoms with E-state index in [2.05, 4.69) is 20.2 Å². The Morgan fingerprint density at radius 1 is 1.23 bits per heavy atom. The molecule has 3 heterocycles. The fraction of sp³-hybridized carbons (Fsp3) is 0.500. The molecule has 1 aromatic carbocycles. The number of imidazole rings is 1. The Balaban J connectivity index is 1.46. The normalized spacial score (nSPS) is 17.5. The molecule has 2 N–H and O–H groups in total. The standard InChI is InChI=1S/C20H26N4O2/c25-20(22-13-15-8-11-26-12-9-15)23-18-7-2-1-6-17(18)19-21-14-16-5-3-4-10-24(16)19/h1-2,6-7,14-15H,3-5,8-13H2,(H2,22,23,25). The summed E-state index contributed by atoms with van der Waals surface area (Å²) in [7, 11) is 0. The highest BCUT2D eigenvalue weighted by molar-refractivity contribution is 5.93. The molecule has 0 radical (unpaired) electrons. The average molecular weight is 354 g/mol. The number of amides is 2. The summed E-state index contributed by atoms with van der Waals surface area (Å²) >= 11 is 0. The zero-order valence-corrected chi connectivity index (χ0v) is 15.0. The average Bonchev–Trinajstić information content (AvgIpc) is 3.12. The largest absolute Gasteiger partial charge is 0.381 e. The van der Waals surface area contributed by atoms with E-state index in [0.717, 1.165) is 56.1 Å². The predicted molar refractivity (Wildman–Crippen MR) is 101 cm³/mol. The number of aromatic nitrogens is 2. The number of ether oxygens (including phenoxy) is 1. The highest BCUT2D eigenvalue weighted by atomic mass is 16.5. The van der Waals surface area contributed by atoms with Gasteiger partial charge in [-0.25, -0.2) is 9.78 Å². The van der Waals surface area contributed by atoms with Gasteiger partial charge in [-0.05, 0) is 50.2 Å². The summed E-state index contributed by atoms with van der Waals surface area (Å²) in [5.41, 5.74) is 3.06. The van der Waals surface area contributed by atoms with Gasteiger partial charge in [-0.3, -0.25) is 0 Å². The molecule has 1 aromatic heterocycles. The molecule has 1 saturated heterocycles. The maximum atomic E-state index is 12.4. The van der Waals surface area contributed by atoms with Crippen LogP contribution >= 0.6 is 0 Å². The van der Waals surface area contributed by atoms with E-state index in [1.54, 1.807) is 0 Å². The Labute approximate surface area is 154 Å². The molecule has 4 rings (SSSR count). The van der Waals surface area contributed by atoms with Crippen molar-refractivity contribution in [3.8, 4) is 11.4 Å². The summed E-state index contributed by atoms with van der Waals surface area (Å²) in [5, 5.41) is 6.01. The second kappa shape index (κ2) is 7.91. The number of para-hydroxylation sites is 1. The van der Waals surface area contributed by atoms with Gasteiger partial charge in [0, 0.05) is 43.8 Å². The summed E-state index contributed by atoms with van der Waals surface area (Å²) < 4.78 is 7.65. The number of aryl methyl sites for hydroxylation is 1. The molecule has 2 aliphatic heterocycles. The molecule has 6 heteroatoms. The molecule has 6 nitrogen and oxygen atoms in total. The third kappa shape index (κ3) is 3.75. The molecule has 2 aliphatic rings. The van der Waals surface area contributed by atoms with E-state index < -0.39 is 0 Å². The van der Waals surface area contributed by atoms with Gasteiger partial charge < -0.3 is 19.9 Å². The van der Waals surface area contributed by atoms with Crippen LogP contribution < -0.4 is 10.6 Å². The molecule has 26 heavy (non-hydrogen) atoms. The quantitative estimate of drug-likeness (QED) is 0.884. The number of nitrogens with zero attached hydrogens (tertiary/aromatic N) is 2. The lowest BCUT2D eigenvalue weighted by Crippen LogP contribution is -2.35. The van der Waals surface area contributed by atoms with Gasteiger partial charge in [0.2, 0.25) is 0 Å². The molecular weight excluding hydrogens is 328 g/mol. The van der Waals surface area contributed by atoms with Crippen LogP contribution in [0.4, 0.5) is 10.5 Å². The van der Waals surface area contributed by atoms with Crippen molar-refractivity contribution in [2.75, 3.05) is 25.1 Å². The van der Waals surface area contributed by atoms with Crippen molar-refractivity contribution < 1.29 is 9.53 Å². The highest BCUT2D eigenvalue weighted by Crippen LogP contribution is 2.30. The lowest BCUT2D eigenvalue weighted by molar-refractivity contribution is 0.0671. The Kier molecular flexibility index (Phi) is 5.20. The fourth-order valence-corrected chi connectivity index (χ4v) is 3.79. The molecule has 138 valence electrons. The van der Waals surface area contributed by atoms with Crippen molar-refractivity contribution in [2.24, 2.45) is 5.92 Å². The summed E-state index contributed by atoms with van der Waals surface area (Å²) in [6.07, 6.45) is 7.47. The maximum Gasteiger partial charge on any atom is 0.319 e. The van der Waals surface area contributed by atoms with E-state index in [0.29, 0.717) is 12.5 Å². The number of benzene rings is 1. The van der Waals surface area contributed by atoms with E-state index in [9.17, 15) is 4.79 Å². The van der Waals surface area contributed by atoms with Gasteiger partial charge in [-0.1, -0.05) is 12.1 Å². The van der Waals surface area contributed by atoms with Crippen molar-refractivity contribution in [2.45, 2.75) is 38.6 Å². The van der Waals surface area contributed by atoms with Crippen molar-refractivity contribution in [3.05, 3.63) is 36.2 Å². The van der Waals surface area contributed by atoms with Gasteiger partial charge in [0.05, 0.1) is 5.69 Å². The van der Waals surface area contributed by atoms with Crippen LogP contribution in [0.2, 0.25) is 0 Å². The van der Waals surface area contributed by atoms with Crippen molar-refractivity contribution in [1.82, 2.24) is 14.9 Å². The monoisotopic (exact) mass is 354 g/mol. The number of hydrogen-bond donors (Lipinski definition) is 2. The topological polar surface area (TPSA) is 68.2 Å². The van der Waals surface area contributed by atoms with Gasteiger partial charge in [0.1, 0.15) is 5.82 Å². The first kappa shape index (κ1) is 17.1. The first-order chi connectivity index (χ1) is 12.8. The highest BCUT2D eigenvalue weighted by Gasteiger charge is 2.19. The molecule has 2 amide bonds. The van der Waals surface area contributed by atoms with E-state index in [1.807, 2.05) is 30.5 Å². The van der Waals surface area contributed by atoms with Crippen molar-refractivity contribution in [3.63, 3.8) is 0 Å². The Morgan fingerprint density at radius 3 is 2.96 bits per heavy atom. The minimum atomic E-state index is -0.158. The number of hydrogen-bond acceptors (Lipinski definition) is 3. The summed E-state index contributed by atoms with van der Waals surface area (Å²) in [6.45, 7) is 3.27. The number of carbonyl (C=O) groups excluding carboxylic acids is 1. The van der Waals surface area contributed by atoms with Crippen LogP contribution in [-0.4, -0.2) is 35.3 Å². The predicted octanol–water partition coefficient (Wildman–Crippen LogP) is 3.43. The van der Waals surface area contributed by atoms with Crippen LogP contribution in [0, 0.1) is 5.92 Å². The van der Waals surface area contributed by atoms with Crippen LogP contribution in [0.3, 0.4) is 0 Å². The number of urea groups is 1. The lowest BCUT2D eigenvalue weighted by Gasteiger charge is -2.22. The van der Waals surface area contributed by atoms with Crippen LogP contribution in [-0.2, 0) is 17.7 Å². The molecule has 0 aliphatic carbocycles. The third-order valence-electron chi connectivity index (χ3n) is 5.31. The minimum Gasteiger partial charge on any atom is -0.381 e. The smallest absolute Gasteiger partial charge is 0.319 e. The van der Waals surface area contributed by atoms with Crippen LogP contribution in [0.5, 0.6) is 0 Å².